The van der Waals surface area contributed by atoms with Crippen LogP contribution in [0, 0.1) is 0 Å². The summed E-state index contributed by atoms with van der Waals surface area (Å²) >= 11 is 0. The summed E-state index contributed by atoms with van der Waals surface area (Å²) in [4.78, 5) is 24.8. The minimum Gasteiger partial charge on any atom is -0.351 e. The molecule has 0 radical (unpaired) electrons. The molecule has 0 spiro atoms. The molecule has 0 saturated heterocycles. The molecule has 0 aliphatic carbocycles. The molecule has 0 aliphatic heterocycles. The van der Waals surface area contributed by atoms with E-state index in [0.717, 1.165) is 12.0 Å². The number of carbonyl (C=O) groups excluding carboxylic acids is 2. The van der Waals surface area contributed by atoms with Crippen LogP contribution in [0.15, 0.2) is 24.3 Å². The van der Waals surface area contributed by atoms with Crippen LogP contribution in [0.3, 0.4) is 0 Å². The van der Waals surface area contributed by atoms with Gasteiger partial charge in [-0.15, -0.1) is 12.4 Å². The number of benzene rings is 1. The Labute approximate surface area is 137 Å². The molecular weight excluding hydrogens is 304 g/mol. The van der Waals surface area contributed by atoms with Crippen molar-refractivity contribution < 1.29 is 9.59 Å². The smallest absolute Gasteiger partial charge is 0.321 e. The highest BCUT2D eigenvalue weighted by atomic mass is 35.5. The molecule has 1 rings (SSSR count). The summed E-state index contributed by atoms with van der Waals surface area (Å²) in [7, 11) is 3.35. The fraction of sp³-hybridized carbons (Fsp3) is 0.467. The van der Waals surface area contributed by atoms with Crippen LogP contribution in [-0.2, 0) is 11.3 Å². The van der Waals surface area contributed by atoms with Crippen LogP contribution in [0.4, 0.5) is 10.5 Å². The largest absolute Gasteiger partial charge is 0.351 e. The topological polar surface area (TPSA) is 87.5 Å². The van der Waals surface area contributed by atoms with Gasteiger partial charge in [0.2, 0.25) is 5.91 Å². The zero-order chi connectivity index (χ0) is 15.8. The first-order valence-corrected chi connectivity index (χ1v) is 7.04. The summed E-state index contributed by atoms with van der Waals surface area (Å²) in [5, 5.41) is 5.56. The molecule has 0 bridgehead atoms. The maximum Gasteiger partial charge on any atom is 0.321 e. The van der Waals surface area contributed by atoms with Crippen LogP contribution < -0.4 is 16.4 Å². The van der Waals surface area contributed by atoms with Crippen molar-refractivity contribution in [2.75, 3.05) is 19.4 Å². The fourth-order valence-corrected chi connectivity index (χ4v) is 1.76. The molecule has 1 aromatic rings. The average Bonchev–Trinajstić information content (AvgIpc) is 2.45. The number of urea groups is 1. The van der Waals surface area contributed by atoms with Crippen LogP contribution in [0.1, 0.15) is 25.3 Å². The normalized spacial score (nSPS) is 11.1. The summed E-state index contributed by atoms with van der Waals surface area (Å²) in [5.41, 5.74) is 7.35. The lowest BCUT2D eigenvalue weighted by molar-refractivity contribution is -0.122. The number of rotatable bonds is 6. The highest BCUT2D eigenvalue weighted by Crippen LogP contribution is 2.11. The maximum atomic E-state index is 11.7. The Morgan fingerprint density at radius 1 is 1.32 bits per heavy atom. The molecule has 3 amide bonds. The molecule has 4 N–H and O–H groups in total. The lowest BCUT2D eigenvalue weighted by atomic mass is 10.1. The van der Waals surface area contributed by atoms with Crippen molar-refractivity contribution in [1.29, 1.82) is 0 Å². The van der Waals surface area contributed by atoms with Crippen molar-refractivity contribution >= 4 is 30.0 Å². The standard InChI is InChI=1S/C15H24N4O2.ClH/c1-4-6-13(16)14(20)17-10-11-7-5-8-12(9-11)18-15(21)19(2)3;/h5,7-9,13H,4,6,10,16H2,1-3H3,(H,17,20)(H,18,21);1H. The zero-order valence-corrected chi connectivity index (χ0v) is 14.1. The summed E-state index contributed by atoms with van der Waals surface area (Å²) < 4.78 is 0. The van der Waals surface area contributed by atoms with E-state index >= 15 is 0 Å². The second kappa shape index (κ2) is 10.0. The molecule has 1 unspecified atom stereocenters. The number of nitrogens with zero attached hydrogens (tertiary/aromatic N) is 1. The Kier molecular flexibility index (Phi) is 9.21. The van der Waals surface area contributed by atoms with Gasteiger partial charge in [0.25, 0.3) is 0 Å². The molecular formula is C15H25ClN4O2. The summed E-state index contributed by atoms with van der Waals surface area (Å²) in [6.07, 6.45) is 1.55. The fourth-order valence-electron chi connectivity index (χ4n) is 1.76. The summed E-state index contributed by atoms with van der Waals surface area (Å²) in [6.45, 7) is 2.38. The first-order valence-electron chi connectivity index (χ1n) is 7.04. The minimum atomic E-state index is -0.466. The van der Waals surface area contributed by atoms with Crippen molar-refractivity contribution in [1.82, 2.24) is 10.2 Å². The second-order valence-corrected chi connectivity index (χ2v) is 5.14. The SMILES string of the molecule is CCCC(N)C(=O)NCc1cccc(NC(=O)N(C)C)c1.Cl. The lowest BCUT2D eigenvalue weighted by Crippen LogP contribution is -2.40. The van der Waals surface area contributed by atoms with Crippen molar-refractivity contribution in [3.63, 3.8) is 0 Å². The predicted octanol–water partition coefficient (Wildman–Crippen LogP) is 1.95. The van der Waals surface area contributed by atoms with Crippen LogP contribution in [0.2, 0.25) is 0 Å². The van der Waals surface area contributed by atoms with Crippen molar-refractivity contribution in [3.05, 3.63) is 29.8 Å². The summed E-state index contributed by atoms with van der Waals surface area (Å²) in [5.74, 6) is -0.153. The van der Waals surface area contributed by atoms with Gasteiger partial charge in [-0.2, -0.15) is 0 Å². The first-order chi connectivity index (χ1) is 9.93. The van der Waals surface area contributed by atoms with Gasteiger partial charge in [-0.1, -0.05) is 25.5 Å². The third-order valence-corrected chi connectivity index (χ3v) is 2.99. The molecule has 6 nitrogen and oxygen atoms in total. The van der Waals surface area contributed by atoms with Gasteiger partial charge in [-0.05, 0) is 24.1 Å². The number of anilines is 1. The Hall–Kier alpha value is -1.79. The van der Waals surface area contributed by atoms with Gasteiger partial charge in [0.05, 0.1) is 6.04 Å². The third kappa shape index (κ3) is 6.78. The van der Waals surface area contributed by atoms with Crippen LogP contribution in [0.25, 0.3) is 0 Å². The molecule has 0 aromatic heterocycles. The van der Waals surface area contributed by atoms with Gasteiger partial charge in [0.15, 0.2) is 0 Å². The van der Waals surface area contributed by atoms with Crippen molar-refractivity contribution in [3.8, 4) is 0 Å². The van der Waals surface area contributed by atoms with Gasteiger partial charge < -0.3 is 21.3 Å². The monoisotopic (exact) mass is 328 g/mol. The van der Waals surface area contributed by atoms with E-state index in [1.165, 1.54) is 4.90 Å². The molecule has 1 aromatic carbocycles. The van der Waals surface area contributed by atoms with Gasteiger partial charge in [-0.3, -0.25) is 4.79 Å². The Morgan fingerprint density at radius 3 is 2.59 bits per heavy atom. The Balaban J connectivity index is 0.00000441. The average molecular weight is 329 g/mol. The highest BCUT2D eigenvalue weighted by molar-refractivity contribution is 5.89. The van der Waals surface area contributed by atoms with E-state index in [0.29, 0.717) is 18.7 Å². The van der Waals surface area contributed by atoms with Gasteiger partial charge in [0, 0.05) is 26.3 Å². The molecule has 0 saturated carbocycles. The zero-order valence-electron chi connectivity index (χ0n) is 13.3. The van der Waals surface area contributed by atoms with Gasteiger partial charge in [-0.25, -0.2) is 4.79 Å². The molecule has 0 aliphatic rings. The predicted molar refractivity (Wildman–Crippen MR) is 91.1 cm³/mol. The van der Waals surface area contributed by atoms with E-state index in [9.17, 15) is 9.59 Å². The molecule has 0 fully saturated rings. The number of halogens is 1. The number of hydrogen-bond acceptors (Lipinski definition) is 3. The van der Waals surface area contributed by atoms with Crippen molar-refractivity contribution in [2.45, 2.75) is 32.4 Å². The quantitative estimate of drug-likeness (QED) is 0.745. The Morgan fingerprint density at radius 2 is 2.00 bits per heavy atom. The van der Waals surface area contributed by atoms with Crippen LogP contribution >= 0.6 is 12.4 Å². The first kappa shape index (κ1) is 20.2. The number of carbonyl (C=O) groups is 2. The van der Waals surface area contributed by atoms with Gasteiger partial charge in [0.1, 0.15) is 0 Å². The van der Waals surface area contributed by atoms with E-state index in [-0.39, 0.29) is 24.3 Å². The van der Waals surface area contributed by atoms with E-state index in [1.807, 2.05) is 25.1 Å². The number of amides is 3. The summed E-state index contributed by atoms with van der Waals surface area (Å²) in [6, 6.07) is 6.69. The number of nitrogens with two attached hydrogens (primary N) is 1. The lowest BCUT2D eigenvalue weighted by Gasteiger charge is -2.14. The van der Waals surface area contributed by atoms with Crippen LogP contribution in [-0.4, -0.2) is 37.0 Å². The maximum absolute atomic E-state index is 11.7. The number of hydrogen-bond donors (Lipinski definition) is 3. The molecule has 1 atom stereocenters. The molecule has 124 valence electrons. The third-order valence-electron chi connectivity index (χ3n) is 2.99. The Bertz CT molecular complexity index is 494. The van der Waals surface area contributed by atoms with E-state index < -0.39 is 6.04 Å². The molecule has 22 heavy (non-hydrogen) atoms. The van der Waals surface area contributed by atoms with Gasteiger partial charge >= 0.3 is 6.03 Å². The highest BCUT2D eigenvalue weighted by Gasteiger charge is 2.11. The molecule has 7 heteroatoms. The second-order valence-electron chi connectivity index (χ2n) is 5.14. The van der Waals surface area contributed by atoms with E-state index in [2.05, 4.69) is 10.6 Å². The van der Waals surface area contributed by atoms with Crippen LogP contribution in [0.5, 0.6) is 0 Å². The van der Waals surface area contributed by atoms with Crippen molar-refractivity contribution in [2.24, 2.45) is 5.73 Å². The molecule has 0 heterocycles. The number of nitrogens with one attached hydrogen (secondary N) is 2. The van der Waals surface area contributed by atoms with E-state index in [4.69, 9.17) is 5.73 Å². The van der Waals surface area contributed by atoms with E-state index in [1.54, 1.807) is 20.2 Å². The minimum absolute atomic E-state index is 0.